The molecule has 1 fully saturated rings. The zero-order chi connectivity index (χ0) is 13.8. The molecule has 1 aliphatic rings. The SMILES string of the molecule is COc1cc(O)c([C@@H](C)N2CCNCC2)c(OC)c1.Cl.Cl. The third-order valence-corrected chi connectivity index (χ3v) is 3.67. The molecule has 0 bridgehead atoms. The summed E-state index contributed by atoms with van der Waals surface area (Å²) in [5, 5.41) is 13.6. The second-order valence-corrected chi connectivity index (χ2v) is 4.72. The zero-order valence-corrected chi connectivity index (χ0v) is 14.2. The van der Waals surface area contributed by atoms with Crippen LogP contribution < -0.4 is 14.8 Å². The Morgan fingerprint density at radius 2 is 1.76 bits per heavy atom. The number of nitrogens with zero attached hydrogens (tertiary/aromatic N) is 1. The van der Waals surface area contributed by atoms with Gasteiger partial charge in [0, 0.05) is 44.4 Å². The van der Waals surface area contributed by atoms with Gasteiger partial charge >= 0.3 is 0 Å². The van der Waals surface area contributed by atoms with Crippen molar-refractivity contribution in [2.24, 2.45) is 0 Å². The Kier molecular flexibility index (Phi) is 8.82. The Labute approximate surface area is 138 Å². The highest BCUT2D eigenvalue weighted by atomic mass is 35.5. The van der Waals surface area contributed by atoms with Crippen LogP contribution in [0, 0.1) is 0 Å². The van der Waals surface area contributed by atoms with E-state index in [9.17, 15) is 5.11 Å². The van der Waals surface area contributed by atoms with Crippen LogP contribution in [0.1, 0.15) is 18.5 Å². The van der Waals surface area contributed by atoms with Crippen LogP contribution in [0.25, 0.3) is 0 Å². The maximum absolute atomic E-state index is 10.2. The quantitative estimate of drug-likeness (QED) is 0.881. The number of aromatic hydroxyl groups is 1. The van der Waals surface area contributed by atoms with Crippen LogP contribution in [0.4, 0.5) is 0 Å². The minimum Gasteiger partial charge on any atom is -0.507 e. The van der Waals surface area contributed by atoms with Gasteiger partial charge in [0.2, 0.25) is 0 Å². The molecule has 2 N–H and O–H groups in total. The van der Waals surface area contributed by atoms with E-state index >= 15 is 0 Å². The van der Waals surface area contributed by atoms with E-state index < -0.39 is 0 Å². The fraction of sp³-hybridized carbons (Fsp3) is 0.571. The lowest BCUT2D eigenvalue weighted by Gasteiger charge is -2.33. The topological polar surface area (TPSA) is 54.0 Å². The number of hydrogen-bond donors (Lipinski definition) is 2. The summed E-state index contributed by atoms with van der Waals surface area (Å²) in [6, 6.07) is 3.56. The Morgan fingerprint density at radius 1 is 1.14 bits per heavy atom. The molecule has 1 saturated heterocycles. The molecule has 0 unspecified atom stereocenters. The number of nitrogens with one attached hydrogen (secondary N) is 1. The number of rotatable bonds is 4. The van der Waals surface area contributed by atoms with Crippen LogP contribution in [-0.2, 0) is 0 Å². The van der Waals surface area contributed by atoms with Gasteiger partial charge in [-0.1, -0.05) is 0 Å². The van der Waals surface area contributed by atoms with Gasteiger partial charge in [-0.15, -0.1) is 24.8 Å². The summed E-state index contributed by atoms with van der Waals surface area (Å²) in [7, 11) is 3.19. The fourth-order valence-corrected chi connectivity index (χ4v) is 2.55. The Morgan fingerprint density at radius 3 is 2.29 bits per heavy atom. The highest BCUT2D eigenvalue weighted by molar-refractivity contribution is 5.85. The maximum Gasteiger partial charge on any atom is 0.131 e. The van der Waals surface area contributed by atoms with Gasteiger partial charge in [0.1, 0.15) is 17.2 Å². The second kappa shape index (κ2) is 9.20. The van der Waals surface area contributed by atoms with Crippen molar-refractivity contribution in [3.8, 4) is 17.2 Å². The van der Waals surface area contributed by atoms with E-state index in [0.717, 1.165) is 31.7 Å². The number of halogens is 2. The van der Waals surface area contributed by atoms with Crippen LogP contribution in [0.15, 0.2) is 12.1 Å². The Hall–Kier alpha value is -0.880. The van der Waals surface area contributed by atoms with Gasteiger partial charge in [0.25, 0.3) is 0 Å². The lowest BCUT2D eigenvalue weighted by atomic mass is 10.0. The molecule has 1 aliphatic heterocycles. The zero-order valence-electron chi connectivity index (χ0n) is 12.6. The molecule has 7 heteroatoms. The first kappa shape index (κ1) is 20.1. The predicted octanol–water partition coefficient (Wildman–Crippen LogP) is 2.22. The van der Waals surface area contributed by atoms with Crippen molar-refractivity contribution < 1.29 is 14.6 Å². The van der Waals surface area contributed by atoms with Crippen LogP contribution in [0.3, 0.4) is 0 Å². The van der Waals surface area contributed by atoms with E-state index in [1.165, 1.54) is 0 Å². The summed E-state index contributed by atoms with van der Waals surface area (Å²) >= 11 is 0. The van der Waals surface area contributed by atoms with Crippen molar-refractivity contribution >= 4 is 24.8 Å². The molecule has 5 nitrogen and oxygen atoms in total. The maximum atomic E-state index is 10.2. The number of hydrogen-bond acceptors (Lipinski definition) is 5. The lowest BCUT2D eigenvalue weighted by molar-refractivity contribution is 0.179. The van der Waals surface area contributed by atoms with E-state index in [1.807, 2.05) is 6.07 Å². The molecule has 2 rings (SSSR count). The van der Waals surface area contributed by atoms with Gasteiger partial charge in [0.05, 0.1) is 19.8 Å². The average Bonchev–Trinajstić information content (AvgIpc) is 2.46. The number of piperazine rings is 1. The highest BCUT2D eigenvalue weighted by Crippen LogP contribution is 2.39. The smallest absolute Gasteiger partial charge is 0.131 e. The van der Waals surface area contributed by atoms with Crippen LogP contribution in [0.2, 0.25) is 0 Å². The molecule has 0 amide bonds. The molecule has 0 aliphatic carbocycles. The molecule has 1 heterocycles. The molecule has 122 valence electrons. The van der Waals surface area contributed by atoms with Crippen molar-refractivity contribution in [2.75, 3.05) is 40.4 Å². The molecule has 0 saturated carbocycles. The monoisotopic (exact) mass is 338 g/mol. The third-order valence-electron chi connectivity index (χ3n) is 3.67. The number of benzene rings is 1. The third kappa shape index (κ3) is 4.54. The fourth-order valence-electron chi connectivity index (χ4n) is 2.55. The number of methoxy groups -OCH3 is 2. The highest BCUT2D eigenvalue weighted by Gasteiger charge is 2.24. The van der Waals surface area contributed by atoms with Crippen molar-refractivity contribution in [2.45, 2.75) is 13.0 Å². The summed E-state index contributed by atoms with van der Waals surface area (Å²) in [5.74, 6) is 1.50. The molecular weight excluding hydrogens is 315 g/mol. The summed E-state index contributed by atoms with van der Waals surface area (Å²) in [5.41, 5.74) is 0.824. The average molecular weight is 339 g/mol. The van der Waals surface area contributed by atoms with E-state index in [0.29, 0.717) is 11.5 Å². The van der Waals surface area contributed by atoms with Crippen molar-refractivity contribution in [1.29, 1.82) is 0 Å². The van der Waals surface area contributed by atoms with E-state index in [-0.39, 0.29) is 36.6 Å². The van der Waals surface area contributed by atoms with Gasteiger partial charge < -0.3 is 19.9 Å². The second-order valence-electron chi connectivity index (χ2n) is 4.72. The first-order valence-electron chi connectivity index (χ1n) is 6.57. The number of ether oxygens (including phenoxy) is 2. The van der Waals surface area contributed by atoms with Crippen molar-refractivity contribution in [3.63, 3.8) is 0 Å². The minimum atomic E-state index is 0. The lowest BCUT2D eigenvalue weighted by Crippen LogP contribution is -2.44. The largest absolute Gasteiger partial charge is 0.507 e. The Bertz CT molecular complexity index is 440. The van der Waals surface area contributed by atoms with Crippen LogP contribution in [-0.4, -0.2) is 50.4 Å². The minimum absolute atomic E-state index is 0. The van der Waals surface area contributed by atoms with Crippen LogP contribution >= 0.6 is 24.8 Å². The summed E-state index contributed by atoms with van der Waals surface area (Å²) in [4.78, 5) is 2.33. The van der Waals surface area contributed by atoms with E-state index in [4.69, 9.17) is 9.47 Å². The van der Waals surface area contributed by atoms with E-state index in [2.05, 4.69) is 17.1 Å². The molecule has 0 aromatic heterocycles. The van der Waals surface area contributed by atoms with Gasteiger partial charge in [0.15, 0.2) is 0 Å². The summed E-state index contributed by atoms with van der Waals surface area (Å²) < 4.78 is 10.6. The molecule has 0 spiro atoms. The summed E-state index contributed by atoms with van der Waals surface area (Å²) in [6.45, 7) is 5.98. The normalized spacial score (nSPS) is 16.3. The molecule has 1 aromatic carbocycles. The van der Waals surface area contributed by atoms with Gasteiger partial charge in [-0.2, -0.15) is 0 Å². The van der Waals surface area contributed by atoms with E-state index in [1.54, 1.807) is 20.3 Å². The number of phenols is 1. The standard InChI is InChI=1S/C14H22N2O3.2ClH/c1-10(16-6-4-15-5-7-16)14-12(17)8-11(18-2)9-13(14)19-3;;/h8-10,15,17H,4-7H2,1-3H3;2*1H/t10-;;/m1../s1. The predicted molar refractivity (Wildman–Crippen MR) is 88.6 cm³/mol. The van der Waals surface area contributed by atoms with Gasteiger partial charge in [-0.25, -0.2) is 0 Å². The Balaban J connectivity index is 0.00000200. The van der Waals surface area contributed by atoms with Crippen LogP contribution in [0.5, 0.6) is 17.2 Å². The first-order chi connectivity index (χ1) is 9.17. The molecule has 1 aromatic rings. The van der Waals surface area contributed by atoms with Gasteiger partial charge in [-0.3, -0.25) is 4.90 Å². The first-order valence-corrected chi connectivity index (χ1v) is 6.57. The van der Waals surface area contributed by atoms with Crippen molar-refractivity contribution in [1.82, 2.24) is 10.2 Å². The van der Waals surface area contributed by atoms with Crippen molar-refractivity contribution in [3.05, 3.63) is 17.7 Å². The number of phenolic OH excluding ortho intramolecular Hbond substituents is 1. The molecule has 1 atom stereocenters. The molecule has 0 radical (unpaired) electrons. The van der Waals surface area contributed by atoms with Gasteiger partial charge in [-0.05, 0) is 6.92 Å². The summed E-state index contributed by atoms with van der Waals surface area (Å²) in [6.07, 6.45) is 0. The molecular formula is C14H24Cl2N2O3. The molecule has 21 heavy (non-hydrogen) atoms.